The maximum absolute atomic E-state index is 13.9. The van der Waals surface area contributed by atoms with E-state index in [1.54, 1.807) is 6.20 Å². The molecule has 3 N–H and O–H groups in total. The van der Waals surface area contributed by atoms with Gasteiger partial charge in [-0.1, -0.05) is 6.07 Å². The maximum atomic E-state index is 13.9. The lowest BCUT2D eigenvalue weighted by molar-refractivity contribution is 0.469. The van der Waals surface area contributed by atoms with E-state index < -0.39 is 5.82 Å². The number of aromatic amines is 2. The molecule has 172 valence electrons. The number of H-pyrrole nitrogens is 2. The Morgan fingerprint density at radius 2 is 1.69 bits per heavy atom. The number of phenolic OH excluding ortho intramolecular Hbond substituents is 1. The van der Waals surface area contributed by atoms with Crippen molar-refractivity contribution in [1.29, 1.82) is 0 Å². The first-order chi connectivity index (χ1) is 17.0. The van der Waals surface area contributed by atoms with E-state index in [0.29, 0.717) is 11.3 Å². The number of rotatable bonds is 4. The second-order valence-corrected chi connectivity index (χ2v) is 8.66. The molecule has 4 aromatic heterocycles. The van der Waals surface area contributed by atoms with Gasteiger partial charge in [0.25, 0.3) is 0 Å². The van der Waals surface area contributed by atoms with Crippen LogP contribution in [0.15, 0.2) is 73.2 Å². The molecule has 6 rings (SSSR count). The number of hydrogen-bond acceptors (Lipinski definition) is 5. The van der Waals surface area contributed by atoms with Crippen LogP contribution in [0.2, 0.25) is 0 Å². The molecular weight excluding hydrogens is 443 g/mol. The van der Waals surface area contributed by atoms with Crippen molar-refractivity contribution in [1.82, 2.24) is 25.1 Å². The van der Waals surface area contributed by atoms with Crippen LogP contribution in [-0.4, -0.2) is 44.4 Å². The zero-order valence-corrected chi connectivity index (χ0v) is 19.0. The molecule has 6 aromatic rings. The predicted molar refractivity (Wildman–Crippen MR) is 136 cm³/mol. The van der Waals surface area contributed by atoms with Gasteiger partial charge >= 0.3 is 0 Å². The lowest BCUT2D eigenvalue weighted by Gasteiger charge is -2.13. The van der Waals surface area contributed by atoms with Gasteiger partial charge < -0.3 is 15.0 Å². The number of fused-ring (bicyclic) bond motifs is 2. The molecule has 35 heavy (non-hydrogen) atoms. The summed E-state index contributed by atoms with van der Waals surface area (Å²) >= 11 is 0. The Kier molecular flexibility index (Phi) is 4.74. The van der Waals surface area contributed by atoms with E-state index in [4.69, 9.17) is 0 Å². The fraction of sp³-hybridized carbons (Fsp3) is 0.0741. The van der Waals surface area contributed by atoms with Crippen molar-refractivity contribution in [2.24, 2.45) is 0 Å². The molecule has 8 heteroatoms. The third kappa shape index (κ3) is 3.65. The summed E-state index contributed by atoms with van der Waals surface area (Å²) in [6.07, 6.45) is 5.34. The number of aromatic hydroxyl groups is 1. The topological polar surface area (TPSA) is 93.7 Å². The van der Waals surface area contributed by atoms with E-state index in [1.165, 1.54) is 12.1 Å². The fourth-order valence-corrected chi connectivity index (χ4v) is 4.35. The van der Waals surface area contributed by atoms with Crippen LogP contribution in [0.1, 0.15) is 0 Å². The third-order valence-corrected chi connectivity index (χ3v) is 6.10. The van der Waals surface area contributed by atoms with Gasteiger partial charge in [0, 0.05) is 60.0 Å². The Morgan fingerprint density at radius 3 is 2.51 bits per heavy atom. The number of halogens is 1. The number of phenols is 1. The minimum atomic E-state index is -0.520. The molecule has 0 aliphatic carbocycles. The molecule has 7 nitrogen and oxygen atoms in total. The van der Waals surface area contributed by atoms with Crippen LogP contribution in [0.3, 0.4) is 0 Å². The van der Waals surface area contributed by atoms with Crippen molar-refractivity contribution in [2.75, 3.05) is 19.0 Å². The average molecular weight is 465 g/mol. The third-order valence-electron chi connectivity index (χ3n) is 6.10. The predicted octanol–water partition coefficient (Wildman–Crippen LogP) is 5.75. The van der Waals surface area contributed by atoms with Crippen LogP contribution < -0.4 is 4.90 Å². The Labute approximate surface area is 199 Å². The van der Waals surface area contributed by atoms with E-state index in [0.717, 1.165) is 56.1 Å². The van der Waals surface area contributed by atoms with Gasteiger partial charge in [-0.15, -0.1) is 0 Å². The molecule has 0 radical (unpaired) electrons. The van der Waals surface area contributed by atoms with E-state index in [1.807, 2.05) is 55.7 Å². The van der Waals surface area contributed by atoms with Crippen molar-refractivity contribution in [3.8, 4) is 39.5 Å². The van der Waals surface area contributed by atoms with E-state index in [2.05, 4.69) is 37.3 Å². The Morgan fingerprint density at radius 1 is 0.829 bits per heavy atom. The van der Waals surface area contributed by atoms with Gasteiger partial charge in [0.2, 0.25) is 0 Å². The number of hydrogen-bond donors (Lipinski definition) is 3. The molecule has 0 bridgehead atoms. The van der Waals surface area contributed by atoms with Crippen LogP contribution in [-0.2, 0) is 0 Å². The normalized spacial score (nSPS) is 11.4. The first kappa shape index (κ1) is 20.9. The molecular formula is C27H21FN6O. The number of pyridine rings is 2. The van der Waals surface area contributed by atoms with Crippen LogP contribution in [0.5, 0.6) is 5.75 Å². The van der Waals surface area contributed by atoms with Crippen LogP contribution in [0.25, 0.3) is 55.6 Å². The summed E-state index contributed by atoms with van der Waals surface area (Å²) < 4.78 is 13.9. The molecule has 4 heterocycles. The van der Waals surface area contributed by atoms with Crippen LogP contribution in [0.4, 0.5) is 10.1 Å². The second-order valence-electron chi connectivity index (χ2n) is 8.66. The molecule has 2 aromatic carbocycles. The lowest BCUT2D eigenvalue weighted by Crippen LogP contribution is -2.08. The minimum absolute atomic E-state index is 0.145. The second kappa shape index (κ2) is 7.95. The number of anilines is 1. The Bertz CT molecular complexity index is 1700. The zero-order valence-electron chi connectivity index (χ0n) is 19.0. The number of nitrogens with zero attached hydrogens (tertiary/aromatic N) is 4. The Balaban J connectivity index is 1.48. The molecule has 0 unspecified atom stereocenters. The molecule has 0 amide bonds. The number of aromatic nitrogens is 5. The van der Waals surface area contributed by atoms with Gasteiger partial charge in [-0.05, 0) is 48.0 Å². The largest absolute Gasteiger partial charge is 0.508 e. The van der Waals surface area contributed by atoms with Gasteiger partial charge in [0.1, 0.15) is 17.3 Å². The monoisotopic (exact) mass is 464 g/mol. The molecule has 0 aliphatic heterocycles. The van der Waals surface area contributed by atoms with Gasteiger partial charge in [0.15, 0.2) is 0 Å². The first-order valence-corrected chi connectivity index (χ1v) is 11.1. The van der Waals surface area contributed by atoms with Crippen LogP contribution in [0, 0.1) is 5.82 Å². The van der Waals surface area contributed by atoms with E-state index >= 15 is 0 Å². The van der Waals surface area contributed by atoms with Crippen molar-refractivity contribution in [3.63, 3.8) is 0 Å². The van der Waals surface area contributed by atoms with Crippen LogP contribution >= 0.6 is 0 Å². The SMILES string of the molecule is CN(C)c1cncc(-c2ccc3[nH]nc(-c4cc5c(-c6cc(O)cc(F)c6)nccc5[nH]4)c3c2)c1. The van der Waals surface area contributed by atoms with Gasteiger partial charge in [-0.3, -0.25) is 15.1 Å². The highest BCUT2D eigenvalue weighted by atomic mass is 19.1. The molecule has 0 aliphatic rings. The van der Waals surface area contributed by atoms with E-state index in [-0.39, 0.29) is 5.75 Å². The quantitative estimate of drug-likeness (QED) is 0.309. The molecule has 0 fully saturated rings. The zero-order chi connectivity index (χ0) is 24.1. The highest BCUT2D eigenvalue weighted by Crippen LogP contribution is 2.35. The summed E-state index contributed by atoms with van der Waals surface area (Å²) in [5.41, 5.74) is 7.46. The lowest BCUT2D eigenvalue weighted by atomic mass is 10.0. The summed E-state index contributed by atoms with van der Waals surface area (Å²) in [4.78, 5) is 14.3. The van der Waals surface area contributed by atoms with E-state index in [9.17, 15) is 9.50 Å². The maximum Gasteiger partial charge on any atom is 0.127 e. The summed E-state index contributed by atoms with van der Waals surface area (Å²) in [5, 5.41) is 19.3. The standard InChI is InChI=1S/C27H21FN6O/c1-34(2)19-8-17(13-29-14-19)15-3-4-24-21(10-15)27(33-32-24)25-12-22-23(31-25)5-6-30-26(22)16-7-18(28)11-20(35)9-16/h3-14,31,35H,1-2H3,(H,32,33). The molecule has 0 spiro atoms. The summed E-state index contributed by atoms with van der Waals surface area (Å²) in [6.45, 7) is 0. The van der Waals surface area contributed by atoms with Crippen molar-refractivity contribution >= 4 is 27.5 Å². The highest BCUT2D eigenvalue weighted by molar-refractivity contribution is 6.01. The smallest absolute Gasteiger partial charge is 0.127 e. The van der Waals surface area contributed by atoms with Crippen molar-refractivity contribution < 1.29 is 9.50 Å². The number of benzene rings is 2. The summed E-state index contributed by atoms with van der Waals surface area (Å²) in [6, 6.07) is 16.0. The summed E-state index contributed by atoms with van der Waals surface area (Å²) in [7, 11) is 3.98. The summed E-state index contributed by atoms with van der Waals surface area (Å²) in [5.74, 6) is -0.665. The molecule has 0 saturated carbocycles. The van der Waals surface area contributed by atoms with Gasteiger partial charge in [-0.2, -0.15) is 5.10 Å². The fourth-order valence-electron chi connectivity index (χ4n) is 4.35. The molecule has 0 saturated heterocycles. The minimum Gasteiger partial charge on any atom is -0.508 e. The van der Waals surface area contributed by atoms with Gasteiger partial charge in [-0.25, -0.2) is 4.39 Å². The highest BCUT2D eigenvalue weighted by Gasteiger charge is 2.16. The first-order valence-electron chi connectivity index (χ1n) is 11.1. The van der Waals surface area contributed by atoms with Gasteiger partial charge in [0.05, 0.1) is 28.8 Å². The van der Waals surface area contributed by atoms with Crippen molar-refractivity contribution in [3.05, 3.63) is 79.0 Å². The number of nitrogens with one attached hydrogen (secondary N) is 2. The average Bonchev–Trinajstić information content (AvgIpc) is 3.47. The van der Waals surface area contributed by atoms with Crippen molar-refractivity contribution in [2.45, 2.75) is 0 Å². The Hall–Kier alpha value is -4.72. The molecule has 0 atom stereocenters.